The highest BCUT2D eigenvalue weighted by Crippen LogP contribution is 2.22. The zero-order chi connectivity index (χ0) is 13.1. The van der Waals surface area contributed by atoms with Crippen LogP contribution in [0.4, 0.5) is 5.69 Å². The summed E-state index contributed by atoms with van der Waals surface area (Å²) in [5.41, 5.74) is 3.86. The first-order valence-electron chi connectivity index (χ1n) is 6.78. The van der Waals surface area contributed by atoms with Crippen molar-refractivity contribution in [3.8, 4) is 0 Å². The topological polar surface area (TPSA) is 35.5 Å². The van der Waals surface area contributed by atoms with Crippen molar-refractivity contribution in [1.29, 1.82) is 0 Å². The molecule has 1 saturated carbocycles. The van der Waals surface area contributed by atoms with Gasteiger partial charge in [-0.2, -0.15) is 0 Å². The van der Waals surface area contributed by atoms with Crippen molar-refractivity contribution < 1.29 is 5.11 Å². The highest BCUT2D eigenvalue weighted by molar-refractivity contribution is 5.51. The average molecular weight is 248 g/mol. The monoisotopic (exact) mass is 248 g/mol. The van der Waals surface area contributed by atoms with E-state index < -0.39 is 0 Å². The number of aliphatic hydroxyl groups excluding tert-OH is 1. The summed E-state index contributed by atoms with van der Waals surface area (Å²) in [4.78, 5) is 2.12. The fourth-order valence-corrected chi connectivity index (χ4v) is 2.02. The normalized spacial score (nSPS) is 16.7. The van der Waals surface area contributed by atoms with Crippen molar-refractivity contribution in [2.45, 2.75) is 45.3 Å². The Bertz CT molecular complexity index is 401. The quantitative estimate of drug-likeness (QED) is 0.809. The summed E-state index contributed by atoms with van der Waals surface area (Å²) < 4.78 is 0. The van der Waals surface area contributed by atoms with Crippen LogP contribution in [0.3, 0.4) is 0 Å². The second-order valence-corrected chi connectivity index (χ2v) is 5.41. The minimum atomic E-state index is 0.153. The molecule has 1 atom stereocenters. The maximum absolute atomic E-state index is 9.19. The van der Waals surface area contributed by atoms with E-state index in [4.69, 9.17) is 0 Å². The summed E-state index contributed by atoms with van der Waals surface area (Å²) in [7, 11) is 2.03. The molecule has 1 unspecified atom stereocenters. The number of rotatable bonds is 6. The fraction of sp³-hybridized carbons (Fsp3) is 0.600. The van der Waals surface area contributed by atoms with E-state index in [2.05, 4.69) is 35.3 Å². The minimum Gasteiger partial charge on any atom is -0.394 e. The van der Waals surface area contributed by atoms with Crippen LogP contribution in [0.15, 0.2) is 18.2 Å². The van der Waals surface area contributed by atoms with E-state index in [0.29, 0.717) is 0 Å². The molecule has 0 heterocycles. The number of aryl methyl sites for hydroxylation is 1. The Morgan fingerprint density at radius 2 is 2.17 bits per heavy atom. The highest BCUT2D eigenvalue weighted by atomic mass is 16.3. The van der Waals surface area contributed by atoms with E-state index in [1.165, 1.54) is 29.7 Å². The smallest absolute Gasteiger partial charge is 0.0632 e. The van der Waals surface area contributed by atoms with Gasteiger partial charge in [-0.25, -0.2) is 0 Å². The summed E-state index contributed by atoms with van der Waals surface area (Å²) in [6.45, 7) is 5.33. The first-order valence-corrected chi connectivity index (χ1v) is 6.78. The number of nitrogens with zero attached hydrogens (tertiary/aromatic N) is 1. The molecule has 0 aromatic heterocycles. The first-order chi connectivity index (χ1) is 8.61. The molecular formula is C15H24N2O. The number of hydrogen-bond donors (Lipinski definition) is 2. The largest absolute Gasteiger partial charge is 0.394 e. The van der Waals surface area contributed by atoms with Gasteiger partial charge in [-0.3, -0.25) is 0 Å². The van der Waals surface area contributed by atoms with E-state index in [1.807, 2.05) is 14.0 Å². The summed E-state index contributed by atoms with van der Waals surface area (Å²) in [5.74, 6) is 0. The standard InChI is InChI=1S/C15H24N2O/c1-11-8-15(17(3)12(2)10-18)7-4-13(11)9-16-14-5-6-14/h4,7-8,12,14,16,18H,5-6,9-10H2,1-3H3. The second-order valence-electron chi connectivity index (χ2n) is 5.41. The van der Waals surface area contributed by atoms with Crippen molar-refractivity contribution in [3.63, 3.8) is 0 Å². The van der Waals surface area contributed by atoms with E-state index in [9.17, 15) is 5.11 Å². The van der Waals surface area contributed by atoms with E-state index in [1.54, 1.807) is 0 Å². The van der Waals surface area contributed by atoms with Crippen LogP contribution in [-0.2, 0) is 6.54 Å². The maximum Gasteiger partial charge on any atom is 0.0632 e. The molecule has 1 aromatic carbocycles. The predicted octanol–water partition coefficient (Wildman–Crippen LogP) is 2.06. The Balaban J connectivity index is 2.03. The molecule has 2 N–H and O–H groups in total. The summed E-state index contributed by atoms with van der Waals surface area (Å²) >= 11 is 0. The number of nitrogens with one attached hydrogen (secondary N) is 1. The van der Waals surface area contributed by atoms with Gasteiger partial charge in [0, 0.05) is 31.4 Å². The van der Waals surface area contributed by atoms with Gasteiger partial charge in [0.15, 0.2) is 0 Å². The van der Waals surface area contributed by atoms with Gasteiger partial charge in [0.05, 0.1) is 6.61 Å². The minimum absolute atomic E-state index is 0.153. The van der Waals surface area contributed by atoms with Crippen LogP contribution in [-0.4, -0.2) is 30.8 Å². The summed E-state index contributed by atoms with van der Waals surface area (Å²) in [6, 6.07) is 7.45. The number of hydrogen-bond acceptors (Lipinski definition) is 3. The van der Waals surface area contributed by atoms with E-state index in [0.717, 1.165) is 12.6 Å². The number of aliphatic hydroxyl groups is 1. The number of anilines is 1. The Hall–Kier alpha value is -1.06. The predicted molar refractivity (Wildman–Crippen MR) is 76.0 cm³/mol. The maximum atomic E-state index is 9.19. The Morgan fingerprint density at radius 1 is 1.44 bits per heavy atom. The highest BCUT2D eigenvalue weighted by Gasteiger charge is 2.20. The zero-order valence-corrected chi connectivity index (χ0v) is 11.6. The third-order valence-corrected chi connectivity index (χ3v) is 3.82. The van der Waals surface area contributed by atoms with Gasteiger partial charge < -0.3 is 15.3 Å². The molecule has 0 amide bonds. The van der Waals surface area contributed by atoms with Gasteiger partial charge in [0.1, 0.15) is 0 Å². The van der Waals surface area contributed by atoms with Gasteiger partial charge in [-0.15, -0.1) is 0 Å². The zero-order valence-electron chi connectivity index (χ0n) is 11.6. The lowest BCUT2D eigenvalue weighted by molar-refractivity contribution is 0.270. The second kappa shape index (κ2) is 5.72. The van der Waals surface area contributed by atoms with Gasteiger partial charge in [0.25, 0.3) is 0 Å². The van der Waals surface area contributed by atoms with E-state index in [-0.39, 0.29) is 12.6 Å². The van der Waals surface area contributed by atoms with Gasteiger partial charge in [0.2, 0.25) is 0 Å². The Labute approximate surface area is 110 Å². The van der Waals surface area contributed by atoms with Gasteiger partial charge >= 0.3 is 0 Å². The number of likely N-dealkylation sites (N-methyl/N-ethyl adjacent to an activating group) is 1. The molecule has 3 heteroatoms. The molecule has 1 fully saturated rings. The fourth-order valence-electron chi connectivity index (χ4n) is 2.02. The van der Waals surface area contributed by atoms with Gasteiger partial charge in [-0.1, -0.05) is 6.07 Å². The lowest BCUT2D eigenvalue weighted by Crippen LogP contribution is -2.31. The lowest BCUT2D eigenvalue weighted by Gasteiger charge is -2.26. The molecule has 0 aliphatic heterocycles. The molecule has 0 spiro atoms. The van der Waals surface area contributed by atoms with Crippen LogP contribution in [0, 0.1) is 6.92 Å². The van der Waals surface area contributed by atoms with E-state index >= 15 is 0 Å². The Morgan fingerprint density at radius 3 is 2.72 bits per heavy atom. The molecule has 0 saturated heterocycles. The van der Waals surface area contributed by atoms with Crippen LogP contribution >= 0.6 is 0 Å². The molecule has 1 aromatic rings. The molecule has 1 aliphatic carbocycles. The van der Waals surface area contributed by atoms with Gasteiger partial charge in [-0.05, 0) is 49.9 Å². The van der Waals surface area contributed by atoms with Crippen LogP contribution in [0.2, 0.25) is 0 Å². The van der Waals surface area contributed by atoms with Crippen molar-refractivity contribution in [2.75, 3.05) is 18.6 Å². The third kappa shape index (κ3) is 3.24. The SMILES string of the molecule is Cc1cc(N(C)C(C)CO)ccc1CNC1CC1. The van der Waals surface area contributed by atoms with Crippen LogP contribution < -0.4 is 10.2 Å². The first kappa shape index (κ1) is 13.4. The molecule has 100 valence electrons. The summed E-state index contributed by atoms with van der Waals surface area (Å²) in [5, 5.41) is 12.7. The summed E-state index contributed by atoms with van der Waals surface area (Å²) in [6.07, 6.45) is 2.65. The Kier molecular flexibility index (Phi) is 4.25. The molecule has 0 bridgehead atoms. The molecule has 1 aliphatic rings. The van der Waals surface area contributed by atoms with Crippen molar-refractivity contribution in [2.24, 2.45) is 0 Å². The van der Waals surface area contributed by atoms with Crippen LogP contribution in [0.1, 0.15) is 30.9 Å². The van der Waals surface area contributed by atoms with Crippen LogP contribution in [0.5, 0.6) is 0 Å². The van der Waals surface area contributed by atoms with Crippen molar-refractivity contribution in [3.05, 3.63) is 29.3 Å². The number of benzene rings is 1. The molecule has 3 nitrogen and oxygen atoms in total. The van der Waals surface area contributed by atoms with Crippen molar-refractivity contribution >= 4 is 5.69 Å². The molecular weight excluding hydrogens is 224 g/mol. The van der Waals surface area contributed by atoms with Crippen molar-refractivity contribution in [1.82, 2.24) is 5.32 Å². The third-order valence-electron chi connectivity index (χ3n) is 3.82. The molecule has 2 rings (SSSR count). The average Bonchev–Trinajstić information content (AvgIpc) is 3.19. The van der Waals surface area contributed by atoms with Crippen LogP contribution in [0.25, 0.3) is 0 Å². The molecule has 0 radical (unpaired) electrons. The molecule has 18 heavy (non-hydrogen) atoms. The lowest BCUT2D eigenvalue weighted by atomic mass is 10.1.